The average Bonchev–Trinajstić information content (AvgIpc) is 2.87. The Bertz CT molecular complexity index is 748. The van der Waals surface area contributed by atoms with Crippen LogP contribution in [-0.2, 0) is 18.2 Å². The van der Waals surface area contributed by atoms with Crippen LogP contribution in [0.25, 0.3) is 0 Å². The van der Waals surface area contributed by atoms with Gasteiger partial charge in [0.25, 0.3) is 0 Å². The predicted octanol–water partition coefficient (Wildman–Crippen LogP) is 8.62. The van der Waals surface area contributed by atoms with Gasteiger partial charge in [0.1, 0.15) is 0 Å². The molecular formula is C28H48O4P2. The lowest BCUT2D eigenvalue weighted by atomic mass is 9.71. The van der Waals surface area contributed by atoms with E-state index in [-0.39, 0.29) is 12.2 Å². The molecule has 0 aromatic carbocycles. The minimum Gasteiger partial charge on any atom is -0.325 e. The Kier molecular flexibility index (Phi) is 7.46. The molecule has 0 N–H and O–H groups in total. The highest BCUT2D eigenvalue weighted by Crippen LogP contribution is 2.68. The highest BCUT2D eigenvalue weighted by atomic mass is 31.2. The van der Waals surface area contributed by atoms with Crippen LogP contribution < -0.4 is 0 Å². The molecule has 10 unspecified atom stereocenters. The van der Waals surface area contributed by atoms with Crippen LogP contribution in [0.15, 0.2) is 0 Å². The molecular weight excluding hydrogens is 462 g/mol. The number of unbranched alkanes of at least 4 members (excludes halogenated alkanes) is 1. The average molecular weight is 511 g/mol. The molecule has 6 rings (SSSR count). The first-order valence-electron chi connectivity index (χ1n) is 15.1. The molecule has 2 saturated heterocycles. The summed E-state index contributed by atoms with van der Waals surface area (Å²) in [4.78, 5) is 0. The minimum absolute atomic E-state index is 0.255. The van der Waals surface area contributed by atoms with E-state index in [2.05, 4.69) is 0 Å². The molecule has 2 aliphatic heterocycles. The second kappa shape index (κ2) is 10.3. The van der Waals surface area contributed by atoms with E-state index >= 15 is 0 Å². The highest BCUT2D eigenvalue weighted by molar-refractivity contribution is 7.60. The van der Waals surface area contributed by atoms with Crippen molar-refractivity contribution in [1.29, 1.82) is 0 Å². The molecule has 6 heteroatoms. The summed E-state index contributed by atoms with van der Waals surface area (Å²) in [5.41, 5.74) is 0.626. The largest absolute Gasteiger partial charge is 0.325 e. The lowest BCUT2D eigenvalue weighted by Gasteiger charge is -2.51. The SMILES string of the molecule is O=P1(CCCCP2(=O)OC3CCCCC3C3CCCCC32)OC2CCCCC2C2CCCCC21. The molecule has 4 aliphatic carbocycles. The van der Waals surface area contributed by atoms with Gasteiger partial charge in [0.2, 0.25) is 14.7 Å². The zero-order chi connectivity index (χ0) is 23.2. The molecule has 6 fully saturated rings. The third kappa shape index (κ3) is 4.59. The van der Waals surface area contributed by atoms with E-state index in [0.29, 0.717) is 35.0 Å². The van der Waals surface area contributed by atoms with E-state index in [0.717, 1.165) is 50.8 Å². The Morgan fingerprint density at radius 3 is 1.26 bits per heavy atom. The van der Waals surface area contributed by atoms with E-state index in [1.54, 1.807) is 0 Å². The fourth-order valence-electron chi connectivity index (χ4n) is 9.46. The molecule has 4 saturated carbocycles. The first kappa shape index (κ1) is 24.7. The Balaban J connectivity index is 1.10. The van der Waals surface area contributed by atoms with Crippen molar-refractivity contribution < 1.29 is 18.2 Å². The van der Waals surface area contributed by atoms with E-state index in [1.165, 1.54) is 77.0 Å². The molecule has 0 bridgehead atoms. The molecule has 0 radical (unpaired) electrons. The number of rotatable bonds is 5. The molecule has 34 heavy (non-hydrogen) atoms. The molecule has 0 amide bonds. The Morgan fingerprint density at radius 1 is 0.471 bits per heavy atom. The van der Waals surface area contributed by atoms with Crippen molar-refractivity contribution in [1.82, 2.24) is 0 Å². The summed E-state index contributed by atoms with van der Waals surface area (Å²) in [6.45, 7) is 0. The summed E-state index contributed by atoms with van der Waals surface area (Å²) in [6.07, 6.45) is 23.5. The van der Waals surface area contributed by atoms with Crippen LogP contribution in [0, 0.1) is 23.7 Å². The van der Waals surface area contributed by atoms with Crippen molar-refractivity contribution in [2.45, 2.75) is 139 Å². The molecule has 194 valence electrons. The fraction of sp³-hybridized carbons (Fsp3) is 1.00. The quantitative estimate of drug-likeness (QED) is 0.274. The molecule has 0 aromatic rings. The van der Waals surface area contributed by atoms with Crippen LogP contribution in [0.5, 0.6) is 0 Å². The van der Waals surface area contributed by atoms with Gasteiger partial charge >= 0.3 is 0 Å². The van der Waals surface area contributed by atoms with Gasteiger partial charge in [0, 0.05) is 23.6 Å². The van der Waals surface area contributed by atoms with E-state index in [1.807, 2.05) is 0 Å². The van der Waals surface area contributed by atoms with E-state index in [9.17, 15) is 9.13 Å². The topological polar surface area (TPSA) is 52.6 Å². The van der Waals surface area contributed by atoms with Gasteiger partial charge in [-0.2, -0.15) is 0 Å². The van der Waals surface area contributed by atoms with Crippen molar-refractivity contribution in [3.05, 3.63) is 0 Å². The van der Waals surface area contributed by atoms with Crippen LogP contribution in [-0.4, -0.2) is 35.8 Å². The van der Waals surface area contributed by atoms with Gasteiger partial charge in [0.15, 0.2) is 0 Å². The van der Waals surface area contributed by atoms with Gasteiger partial charge in [-0.15, -0.1) is 0 Å². The summed E-state index contributed by atoms with van der Waals surface area (Å²) >= 11 is 0. The van der Waals surface area contributed by atoms with Gasteiger partial charge in [-0.25, -0.2) is 0 Å². The van der Waals surface area contributed by atoms with E-state index in [4.69, 9.17) is 9.05 Å². The lowest BCUT2D eigenvalue weighted by molar-refractivity contribution is 0.0164. The van der Waals surface area contributed by atoms with Gasteiger partial charge in [-0.3, -0.25) is 9.13 Å². The smallest absolute Gasteiger partial charge is 0.206 e. The number of hydrogen-bond acceptors (Lipinski definition) is 4. The maximum atomic E-state index is 14.3. The molecule has 2 heterocycles. The van der Waals surface area contributed by atoms with Crippen molar-refractivity contribution in [3.8, 4) is 0 Å². The van der Waals surface area contributed by atoms with Crippen LogP contribution in [0.2, 0.25) is 0 Å². The maximum Gasteiger partial charge on any atom is 0.206 e. The molecule has 10 atom stereocenters. The normalized spacial score (nSPS) is 50.9. The standard InChI is InChI=1S/C28H48O4P2/c29-33(27-17-7-3-13-23(27)21-11-1-5-15-25(21)31-33)19-9-10-20-34(30)28-18-8-4-14-24(28)22-12-2-6-16-26(22)32-34/h21-28H,1-20H2. The third-order valence-corrected chi connectivity index (χ3v) is 17.4. The van der Waals surface area contributed by atoms with Crippen LogP contribution in [0.1, 0.15) is 116 Å². The molecule has 4 nitrogen and oxygen atoms in total. The summed E-state index contributed by atoms with van der Waals surface area (Å²) in [6, 6.07) is 0. The van der Waals surface area contributed by atoms with Crippen molar-refractivity contribution in [3.63, 3.8) is 0 Å². The Morgan fingerprint density at radius 2 is 0.824 bits per heavy atom. The minimum atomic E-state index is -2.61. The molecule has 6 aliphatic rings. The van der Waals surface area contributed by atoms with Crippen molar-refractivity contribution >= 4 is 14.7 Å². The predicted molar refractivity (Wildman–Crippen MR) is 139 cm³/mol. The summed E-state index contributed by atoms with van der Waals surface area (Å²) in [5, 5.41) is 0. The molecule has 0 spiro atoms. The van der Waals surface area contributed by atoms with Crippen LogP contribution in [0.3, 0.4) is 0 Å². The zero-order valence-corrected chi connectivity index (χ0v) is 23.1. The van der Waals surface area contributed by atoms with Gasteiger partial charge in [-0.05, 0) is 87.9 Å². The van der Waals surface area contributed by atoms with Gasteiger partial charge < -0.3 is 9.05 Å². The lowest BCUT2D eigenvalue weighted by Crippen LogP contribution is -2.46. The fourth-order valence-corrected chi connectivity index (χ4v) is 16.5. The monoisotopic (exact) mass is 510 g/mol. The number of fused-ring (bicyclic) bond motifs is 6. The number of hydrogen-bond donors (Lipinski definition) is 0. The second-order valence-electron chi connectivity index (χ2n) is 12.8. The van der Waals surface area contributed by atoms with E-state index < -0.39 is 14.7 Å². The van der Waals surface area contributed by atoms with Gasteiger partial charge in [0.05, 0.1) is 12.2 Å². The second-order valence-corrected chi connectivity index (χ2v) is 18.4. The van der Waals surface area contributed by atoms with Crippen molar-refractivity contribution in [2.75, 3.05) is 12.3 Å². The Hall–Kier alpha value is 0.380. The summed E-state index contributed by atoms with van der Waals surface area (Å²) in [7, 11) is -5.22. The van der Waals surface area contributed by atoms with Crippen LogP contribution >= 0.6 is 14.7 Å². The maximum absolute atomic E-state index is 14.3. The van der Waals surface area contributed by atoms with Crippen LogP contribution in [0.4, 0.5) is 0 Å². The third-order valence-electron chi connectivity index (χ3n) is 11.0. The zero-order valence-electron chi connectivity index (χ0n) is 21.3. The Labute approximate surface area is 208 Å². The first-order chi connectivity index (χ1) is 16.6. The highest BCUT2D eigenvalue weighted by Gasteiger charge is 2.54. The summed E-state index contributed by atoms with van der Waals surface area (Å²) in [5.74, 6) is 2.62. The van der Waals surface area contributed by atoms with Gasteiger partial charge in [-0.1, -0.05) is 51.4 Å². The first-order valence-corrected chi connectivity index (χ1v) is 18.9. The van der Waals surface area contributed by atoms with Crippen molar-refractivity contribution in [2.24, 2.45) is 23.7 Å². The summed E-state index contributed by atoms with van der Waals surface area (Å²) < 4.78 is 41.7. The molecule has 0 aromatic heterocycles.